The lowest BCUT2D eigenvalue weighted by Gasteiger charge is -2.07. The number of imidazole rings is 1. The molecule has 0 unspecified atom stereocenters. The monoisotopic (exact) mass is 264 g/mol. The van der Waals surface area contributed by atoms with E-state index in [9.17, 15) is 4.79 Å². The van der Waals surface area contributed by atoms with Gasteiger partial charge in [-0.1, -0.05) is 11.6 Å². The first-order valence-electron chi connectivity index (χ1n) is 5.38. The van der Waals surface area contributed by atoms with E-state index in [2.05, 4.69) is 10.3 Å². The summed E-state index contributed by atoms with van der Waals surface area (Å²) in [5.74, 6) is 0.399. The Kier molecular flexibility index (Phi) is 3.53. The van der Waals surface area contributed by atoms with Crippen molar-refractivity contribution in [3.63, 3.8) is 0 Å². The first-order chi connectivity index (χ1) is 8.58. The Balaban J connectivity index is 2.02. The lowest BCUT2D eigenvalue weighted by molar-refractivity contribution is 0.100. The van der Waals surface area contributed by atoms with E-state index >= 15 is 0 Å². The molecule has 94 valence electrons. The van der Waals surface area contributed by atoms with Gasteiger partial charge in [-0.3, -0.25) is 4.79 Å². The highest BCUT2D eigenvalue weighted by Crippen LogP contribution is 2.13. The van der Waals surface area contributed by atoms with E-state index in [0.29, 0.717) is 17.3 Å². The Morgan fingerprint density at radius 2 is 2.11 bits per heavy atom. The summed E-state index contributed by atoms with van der Waals surface area (Å²) in [6, 6.07) is 6.95. The number of hydrogen-bond acceptors (Lipinski definition) is 3. The van der Waals surface area contributed by atoms with Crippen LogP contribution in [-0.4, -0.2) is 15.5 Å². The van der Waals surface area contributed by atoms with Crippen molar-refractivity contribution in [3.05, 3.63) is 47.0 Å². The summed E-state index contributed by atoms with van der Waals surface area (Å²) in [5, 5.41) is 3.78. The van der Waals surface area contributed by atoms with Gasteiger partial charge in [0.1, 0.15) is 11.0 Å². The van der Waals surface area contributed by atoms with Gasteiger partial charge < -0.3 is 15.6 Å². The van der Waals surface area contributed by atoms with E-state index in [1.807, 2.05) is 7.05 Å². The zero-order valence-corrected chi connectivity index (χ0v) is 10.6. The highest BCUT2D eigenvalue weighted by atomic mass is 35.5. The summed E-state index contributed by atoms with van der Waals surface area (Å²) >= 11 is 5.89. The summed E-state index contributed by atoms with van der Waals surface area (Å²) in [7, 11) is 1.85. The number of carbonyl (C=O) groups is 1. The molecule has 0 saturated heterocycles. The third-order valence-corrected chi connectivity index (χ3v) is 3.00. The van der Waals surface area contributed by atoms with Gasteiger partial charge >= 0.3 is 0 Å². The predicted octanol–water partition coefficient (Wildman–Crippen LogP) is 1.78. The third-order valence-electron chi connectivity index (χ3n) is 2.65. The van der Waals surface area contributed by atoms with Crippen molar-refractivity contribution in [2.45, 2.75) is 6.54 Å². The largest absolute Gasteiger partial charge is 0.378 e. The maximum atomic E-state index is 10.9. The van der Waals surface area contributed by atoms with Gasteiger partial charge in [-0.25, -0.2) is 4.98 Å². The van der Waals surface area contributed by atoms with Crippen LogP contribution in [-0.2, 0) is 13.6 Å². The molecular formula is C12H13ClN4O. The van der Waals surface area contributed by atoms with Crippen LogP contribution in [0.25, 0.3) is 0 Å². The molecule has 18 heavy (non-hydrogen) atoms. The van der Waals surface area contributed by atoms with Gasteiger partial charge in [0.05, 0.1) is 12.7 Å². The van der Waals surface area contributed by atoms with Gasteiger partial charge in [0, 0.05) is 18.3 Å². The Labute approximate surface area is 110 Å². The molecular weight excluding hydrogens is 252 g/mol. The predicted molar refractivity (Wildman–Crippen MR) is 70.5 cm³/mol. The van der Waals surface area contributed by atoms with Crippen LogP contribution in [0.15, 0.2) is 30.5 Å². The summed E-state index contributed by atoms with van der Waals surface area (Å²) < 4.78 is 1.80. The quantitative estimate of drug-likeness (QED) is 0.884. The average molecular weight is 265 g/mol. The minimum atomic E-state index is -0.433. The average Bonchev–Trinajstić information content (AvgIpc) is 2.68. The van der Waals surface area contributed by atoms with Crippen molar-refractivity contribution in [1.82, 2.24) is 9.55 Å². The Morgan fingerprint density at radius 1 is 1.44 bits per heavy atom. The molecule has 2 rings (SSSR count). The van der Waals surface area contributed by atoms with E-state index in [1.54, 1.807) is 35.0 Å². The fraction of sp³-hybridized carbons (Fsp3) is 0.167. The lowest BCUT2D eigenvalue weighted by atomic mass is 10.2. The molecule has 1 aromatic heterocycles. The zero-order valence-electron chi connectivity index (χ0n) is 9.85. The number of rotatable bonds is 4. The second-order valence-electron chi connectivity index (χ2n) is 3.85. The van der Waals surface area contributed by atoms with Crippen molar-refractivity contribution in [3.8, 4) is 0 Å². The van der Waals surface area contributed by atoms with E-state index in [4.69, 9.17) is 17.3 Å². The number of nitrogens with zero attached hydrogens (tertiary/aromatic N) is 2. The van der Waals surface area contributed by atoms with Gasteiger partial charge in [0.15, 0.2) is 0 Å². The van der Waals surface area contributed by atoms with Gasteiger partial charge in [0.25, 0.3) is 0 Å². The molecule has 0 bridgehead atoms. The number of anilines is 1. The highest BCUT2D eigenvalue weighted by Gasteiger charge is 2.04. The van der Waals surface area contributed by atoms with Gasteiger partial charge in [-0.2, -0.15) is 0 Å². The molecule has 0 aliphatic rings. The maximum Gasteiger partial charge on any atom is 0.248 e. The zero-order chi connectivity index (χ0) is 13.1. The van der Waals surface area contributed by atoms with Crippen LogP contribution >= 0.6 is 11.6 Å². The second kappa shape index (κ2) is 5.10. The normalized spacial score (nSPS) is 10.3. The molecule has 0 spiro atoms. The number of halogens is 1. The van der Waals surface area contributed by atoms with Crippen molar-refractivity contribution < 1.29 is 4.79 Å². The minimum absolute atomic E-state index is 0.433. The summed E-state index contributed by atoms with van der Waals surface area (Å²) in [6.07, 6.45) is 1.61. The molecule has 2 aromatic rings. The van der Waals surface area contributed by atoms with E-state index in [1.165, 1.54) is 0 Å². The molecule has 0 saturated carbocycles. The van der Waals surface area contributed by atoms with Crippen molar-refractivity contribution >= 4 is 23.2 Å². The maximum absolute atomic E-state index is 10.9. The van der Waals surface area contributed by atoms with Crippen LogP contribution in [0.5, 0.6) is 0 Å². The molecule has 0 atom stereocenters. The number of carbonyl (C=O) groups excluding carboxylic acids is 1. The van der Waals surface area contributed by atoms with E-state index in [-0.39, 0.29) is 0 Å². The van der Waals surface area contributed by atoms with E-state index < -0.39 is 5.91 Å². The highest BCUT2D eigenvalue weighted by molar-refractivity contribution is 6.29. The van der Waals surface area contributed by atoms with Gasteiger partial charge in [-0.05, 0) is 24.3 Å². The first-order valence-corrected chi connectivity index (χ1v) is 5.75. The smallest absolute Gasteiger partial charge is 0.248 e. The van der Waals surface area contributed by atoms with Crippen LogP contribution < -0.4 is 11.1 Å². The number of amides is 1. The third kappa shape index (κ3) is 2.62. The molecule has 0 aliphatic heterocycles. The number of aromatic nitrogens is 2. The van der Waals surface area contributed by atoms with E-state index in [0.717, 1.165) is 11.5 Å². The molecule has 1 amide bonds. The molecule has 3 N–H and O–H groups in total. The Hall–Kier alpha value is -2.01. The fourth-order valence-corrected chi connectivity index (χ4v) is 1.67. The molecule has 0 fully saturated rings. The molecule has 0 aliphatic carbocycles. The van der Waals surface area contributed by atoms with Crippen molar-refractivity contribution in [1.29, 1.82) is 0 Å². The summed E-state index contributed by atoms with van der Waals surface area (Å²) in [6.45, 7) is 0.555. The number of hydrogen-bond donors (Lipinski definition) is 2. The topological polar surface area (TPSA) is 72.9 Å². The van der Waals surface area contributed by atoms with Crippen LogP contribution in [0.2, 0.25) is 5.15 Å². The number of nitrogens with one attached hydrogen (secondary N) is 1. The second-order valence-corrected chi connectivity index (χ2v) is 4.24. The number of benzene rings is 1. The van der Waals surface area contributed by atoms with Crippen LogP contribution in [0, 0.1) is 0 Å². The van der Waals surface area contributed by atoms with Crippen molar-refractivity contribution in [2.24, 2.45) is 12.8 Å². The Morgan fingerprint density at radius 3 is 2.61 bits per heavy atom. The molecule has 6 heteroatoms. The fourth-order valence-electron chi connectivity index (χ4n) is 1.52. The summed E-state index contributed by atoms with van der Waals surface area (Å²) in [5.41, 5.74) is 6.54. The van der Waals surface area contributed by atoms with Crippen LogP contribution in [0.4, 0.5) is 5.69 Å². The molecule has 1 heterocycles. The number of primary amides is 1. The molecule has 0 radical (unpaired) electrons. The SMILES string of the molecule is Cn1c(Cl)cnc1CNc1ccc(C(N)=O)cc1. The Bertz CT molecular complexity index is 562. The first kappa shape index (κ1) is 12.4. The van der Waals surface area contributed by atoms with Crippen LogP contribution in [0.1, 0.15) is 16.2 Å². The molecule has 1 aromatic carbocycles. The number of nitrogens with two attached hydrogens (primary N) is 1. The van der Waals surface area contributed by atoms with Crippen molar-refractivity contribution in [2.75, 3.05) is 5.32 Å². The van der Waals surface area contributed by atoms with Crippen LogP contribution in [0.3, 0.4) is 0 Å². The standard InChI is InChI=1S/C12H13ClN4O/c1-17-10(13)6-16-11(17)7-15-9-4-2-8(3-5-9)12(14)18/h2-6,15H,7H2,1H3,(H2,14,18). The summed E-state index contributed by atoms with van der Waals surface area (Å²) in [4.78, 5) is 15.1. The lowest BCUT2D eigenvalue weighted by Crippen LogP contribution is -2.11. The van der Waals surface area contributed by atoms with Gasteiger partial charge in [0.2, 0.25) is 5.91 Å². The van der Waals surface area contributed by atoms with Gasteiger partial charge in [-0.15, -0.1) is 0 Å². The molecule has 5 nitrogen and oxygen atoms in total. The minimum Gasteiger partial charge on any atom is -0.378 e.